The minimum Gasteiger partial charge on any atom is -0.480 e. The molecule has 7 heteroatoms. The number of hydrogen-bond acceptors (Lipinski definition) is 5. The summed E-state index contributed by atoms with van der Waals surface area (Å²) < 4.78 is 6.08. The van der Waals surface area contributed by atoms with E-state index in [1.807, 2.05) is 0 Å². The largest absolute Gasteiger partial charge is 0.480 e. The second-order valence-electron chi connectivity index (χ2n) is 17.2. The molecule has 0 aromatic heterocycles. The topological polar surface area (TPSA) is 119 Å². The van der Waals surface area contributed by atoms with Crippen molar-refractivity contribution in [1.82, 2.24) is 5.32 Å². The smallest absolute Gasteiger partial charge is 0.326 e. The fourth-order valence-corrected chi connectivity index (χ4v) is 7.92. The Labute approximate surface area is 348 Å². The van der Waals surface area contributed by atoms with Crippen molar-refractivity contribution in [2.75, 3.05) is 6.54 Å². The summed E-state index contributed by atoms with van der Waals surface area (Å²) in [6.07, 6.45) is 48.7. The first kappa shape index (κ1) is 54.4. The molecule has 0 fully saturated rings. The van der Waals surface area contributed by atoms with E-state index in [0.717, 1.165) is 64.2 Å². The van der Waals surface area contributed by atoms with Gasteiger partial charge in [0.2, 0.25) is 5.91 Å². The van der Waals surface area contributed by atoms with E-state index < -0.39 is 12.0 Å². The number of carboxylic acid groups (broad SMARTS) is 1. The van der Waals surface area contributed by atoms with Crippen LogP contribution in [0, 0.1) is 0 Å². The first-order valence-corrected chi connectivity index (χ1v) is 24.9. The lowest BCUT2D eigenvalue weighted by Crippen LogP contribution is -2.40. The second-order valence-corrected chi connectivity index (χ2v) is 17.2. The summed E-state index contributed by atoms with van der Waals surface area (Å²) in [5.41, 5.74) is 5.50. The van der Waals surface area contributed by atoms with E-state index in [0.29, 0.717) is 32.2 Å². The van der Waals surface area contributed by atoms with Crippen molar-refractivity contribution in [3.8, 4) is 0 Å². The van der Waals surface area contributed by atoms with Gasteiger partial charge < -0.3 is 20.9 Å². The van der Waals surface area contributed by atoms with Crippen LogP contribution in [0.3, 0.4) is 0 Å². The normalized spacial score (nSPS) is 12.5. The molecular weight excluding hydrogens is 697 g/mol. The molecule has 332 valence electrons. The zero-order valence-corrected chi connectivity index (χ0v) is 37.5. The first-order valence-electron chi connectivity index (χ1n) is 24.9. The van der Waals surface area contributed by atoms with Crippen molar-refractivity contribution in [3.05, 3.63) is 0 Å². The van der Waals surface area contributed by atoms with Crippen LogP contribution in [0.5, 0.6) is 0 Å². The van der Waals surface area contributed by atoms with Crippen LogP contribution in [0.4, 0.5) is 0 Å². The van der Waals surface area contributed by atoms with Crippen LogP contribution in [-0.2, 0) is 19.1 Å². The Bertz CT molecular complexity index is 852. The molecule has 4 N–H and O–H groups in total. The zero-order chi connectivity index (χ0) is 41.0. The summed E-state index contributed by atoms with van der Waals surface area (Å²) in [6.45, 7) is 4.98. The minimum atomic E-state index is -0.999. The van der Waals surface area contributed by atoms with Crippen LogP contribution in [0.1, 0.15) is 277 Å². The van der Waals surface area contributed by atoms with E-state index in [4.69, 9.17) is 10.5 Å². The summed E-state index contributed by atoms with van der Waals surface area (Å²) in [4.78, 5) is 36.5. The Morgan fingerprint density at radius 3 is 1.11 bits per heavy atom. The number of nitrogens with two attached hydrogens (primary N) is 1. The average molecular weight is 793 g/mol. The Hall–Kier alpha value is -1.63. The summed E-state index contributed by atoms with van der Waals surface area (Å²) >= 11 is 0. The van der Waals surface area contributed by atoms with Crippen molar-refractivity contribution >= 4 is 17.8 Å². The lowest BCUT2D eigenvalue weighted by Gasteiger charge is -2.18. The highest BCUT2D eigenvalue weighted by molar-refractivity contribution is 5.83. The molecule has 0 rings (SSSR count). The van der Waals surface area contributed by atoms with Crippen molar-refractivity contribution in [3.63, 3.8) is 0 Å². The predicted molar refractivity (Wildman–Crippen MR) is 239 cm³/mol. The zero-order valence-electron chi connectivity index (χ0n) is 37.5. The molecule has 0 saturated heterocycles. The Morgan fingerprint density at radius 2 is 0.768 bits per heavy atom. The van der Waals surface area contributed by atoms with Crippen molar-refractivity contribution in [2.24, 2.45) is 5.73 Å². The number of carbonyl (C=O) groups is 3. The van der Waals surface area contributed by atoms with E-state index in [1.54, 1.807) is 0 Å². The summed E-state index contributed by atoms with van der Waals surface area (Å²) in [7, 11) is 0. The average Bonchev–Trinajstić information content (AvgIpc) is 3.18. The molecule has 0 aliphatic heterocycles. The highest BCUT2D eigenvalue weighted by atomic mass is 16.5. The summed E-state index contributed by atoms with van der Waals surface area (Å²) in [6, 6.07) is -0.852. The first-order chi connectivity index (χ1) is 27.4. The number of nitrogens with one attached hydrogen (secondary N) is 1. The lowest BCUT2D eigenvalue weighted by molar-refractivity contribution is -0.150. The van der Waals surface area contributed by atoms with Crippen LogP contribution in [0.25, 0.3) is 0 Å². The summed E-state index contributed by atoms with van der Waals surface area (Å²) in [5, 5.41) is 12.0. The molecule has 0 saturated carbocycles. The highest BCUT2D eigenvalue weighted by Crippen LogP contribution is 2.20. The monoisotopic (exact) mass is 793 g/mol. The molecule has 0 aromatic carbocycles. The van der Waals surface area contributed by atoms with Gasteiger partial charge in [-0.25, -0.2) is 4.79 Å². The van der Waals surface area contributed by atoms with Crippen molar-refractivity contribution in [2.45, 2.75) is 289 Å². The third kappa shape index (κ3) is 40.6. The molecule has 0 aliphatic rings. The Balaban J connectivity index is 4.25. The van der Waals surface area contributed by atoms with Crippen molar-refractivity contribution in [1.29, 1.82) is 0 Å². The molecule has 2 unspecified atom stereocenters. The minimum absolute atomic E-state index is 0.0112. The third-order valence-corrected chi connectivity index (χ3v) is 11.7. The van der Waals surface area contributed by atoms with Gasteiger partial charge in [-0.1, -0.05) is 213 Å². The van der Waals surface area contributed by atoms with E-state index in [2.05, 4.69) is 19.2 Å². The molecule has 0 heterocycles. The van der Waals surface area contributed by atoms with Gasteiger partial charge in [0.25, 0.3) is 0 Å². The number of rotatable bonds is 46. The molecule has 0 radical (unpaired) electrons. The van der Waals surface area contributed by atoms with E-state index >= 15 is 0 Å². The van der Waals surface area contributed by atoms with Gasteiger partial charge >= 0.3 is 11.9 Å². The van der Waals surface area contributed by atoms with Crippen LogP contribution in [-0.4, -0.2) is 41.6 Å². The molecule has 56 heavy (non-hydrogen) atoms. The third-order valence-electron chi connectivity index (χ3n) is 11.7. The second kappa shape index (κ2) is 44.5. The number of hydrogen-bond donors (Lipinski definition) is 3. The number of amides is 1. The van der Waals surface area contributed by atoms with Gasteiger partial charge in [0.1, 0.15) is 12.1 Å². The van der Waals surface area contributed by atoms with Crippen LogP contribution < -0.4 is 11.1 Å². The molecule has 2 atom stereocenters. The summed E-state index contributed by atoms with van der Waals surface area (Å²) in [5.74, 6) is -1.21. The van der Waals surface area contributed by atoms with Gasteiger partial charge in [0, 0.05) is 12.8 Å². The van der Waals surface area contributed by atoms with Gasteiger partial charge in [-0.15, -0.1) is 0 Å². The van der Waals surface area contributed by atoms with E-state index in [-0.39, 0.29) is 18.0 Å². The molecule has 0 aliphatic carbocycles. The van der Waals surface area contributed by atoms with Gasteiger partial charge in [0.05, 0.1) is 0 Å². The van der Waals surface area contributed by atoms with Crippen LogP contribution in [0.15, 0.2) is 0 Å². The van der Waals surface area contributed by atoms with E-state index in [9.17, 15) is 19.5 Å². The standard InChI is InChI=1S/C49H96N2O5/c1-3-5-7-9-11-13-15-17-19-20-22-24-26-28-33-37-43-48(53)56-45(39-34-30-27-25-23-21-18-16-14-12-10-8-6-4-2)40-35-31-29-32-36-42-47(52)51-46(49(54)55)41-38-44-50/h45-46H,3-44,50H2,1-2H3,(H,51,52)(H,54,55). The van der Waals surface area contributed by atoms with Crippen LogP contribution >= 0.6 is 0 Å². The maximum atomic E-state index is 12.9. The quantitative estimate of drug-likeness (QED) is 0.0417. The highest BCUT2D eigenvalue weighted by Gasteiger charge is 2.19. The predicted octanol–water partition coefficient (Wildman–Crippen LogP) is 14.5. The number of carboxylic acids is 1. The number of ether oxygens (including phenoxy) is 1. The van der Waals surface area contributed by atoms with Crippen LogP contribution in [0.2, 0.25) is 0 Å². The molecular formula is C49H96N2O5. The van der Waals surface area contributed by atoms with Gasteiger partial charge in [0.15, 0.2) is 0 Å². The number of esters is 1. The molecule has 0 aromatic rings. The molecule has 7 nitrogen and oxygen atoms in total. The molecule has 0 bridgehead atoms. The Kier molecular flexibility index (Phi) is 43.2. The van der Waals surface area contributed by atoms with Gasteiger partial charge in [-0.05, 0) is 57.9 Å². The molecule has 1 amide bonds. The van der Waals surface area contributed by atoms with Gasteiger partial charge in [-0.2, -0.15) is 0 Å². The number of unbranched alkanes of at least 4 members (excludes halogenated alkanes) is 32. The van der Waals surface area contributed by atoms with Crippen molar-refractivity contribution < 1.29 is 24.2 Å². The molecule has 0 spiro atoms. The van der Waals surface area contributed by atoms with Gasteiger partial charge in [-0.3, -0.25) is 9.59 Å². The number of aliphatic carboxylic acids is 1. The maximum absolute atomic E-state index is 12.9. The fraction of sp³-hybridized carbons (Fsp3) is 0.939. The SMILES string of the molecule is CCCCCCCCCCCCCCCCCCC(=O)OC(CCCCCCCCCCCCCCCC)CCCCCCCC(=O)NC(CCCN)C(=O)O. The maximum Gasteiger partial charge on any atom is 0.326 e. The fourth-order valence-electron chi connectivity index (χ4n) is 7.92. The van der Waals surface area contributed by atoms with E-state index in [1.165, 1.54) is 173 Å². The Morgan fingerprint density at radius 1 is 0.446 bits per heavy atom. The lowest BCUT2D eigenvalue weighted by atomic mass is 10.0. The number of carbonyl (C=O) groups excluding carboxylic acids is 2.